The molecule has 0 aliphatic carbocycles. The summed E-state index contributed by atoms with van der Waals surface area (Å²) in [7, 11) is 0. The van der Waals surface area contributed by atoms with E-state index in [-0.39, 0.29) is 6.10 Å². The second-order valence-electron chi connectivity index (χ2n) is 7.14. The highest BCUT2D eigenvalue weighted by molar-refractivity contribution is 6.36. The molecule has 156 valence electrons. The first-order valence-corrected chi connectivity index (χ1v) is 10.5. The second kappa shape index (κ2) is 9.33. The number of ether oxygens (including phenoxy) is 1. The molecule has 4 aromatic rings. The van der Waals surface area contributed by atoms with Gasteiger partial charge in [0.2, 0.25) is 0 Å². The van der Waals surface area contributed by atoms with E-state index in [0.29, 0.717) is 21.7 Å². The van der Waals surface area contributed by atoms with Crippen molar-refractivity contribution < 1.29 is 4.74 Å². The zero-order valence-electron chi connectivity index (χ0n) is 17.0. The number of hydrazone groups is 1. The number of halogens is 2. The lowest BCUT2D eigenvalue weighted by Gasteiger charge is -2.11. The molecule has 7 heteroatoms. The van der Waals surface area contributed by atoms with Crippen LogP contribution in [-0.4, -0.2) is 22.3 Å². The van der Waals surface area contributed by atoms with Gasteiger partial charge in [0.15, 0.2) is 11.6 Å². The number of benzene rings is 3. The minimum atomic E-state index is 0.116. The Kier molecular flexibility index (Phi) is 6.35. The van der Waals surface area contributed by atoms with Gasteiger partial charge < -0.3 is 4.74 Å². The molecule has 0 spiro atoms. The van der Waals surface area contributed by atoms with Gasteiger partial charge in [0.05, 0.1) is 22.9 Å². The van der Waals surface area contributed by atoms with E-state index in [9.17, 15) is 0 Å². The minimum Gasteiger partial charge on any atom is -0.491 e. The van der Waals surface area contributed by atoms with Crippen molar-refractivity contribution in [3.8, 4) is 17.1 Å². The highest BCUT2D eigenvalue weighted by Crippen LogP contribution is 2.26. The van der Waals surface area contributed by atoms with Gasteiger partial charge in [-0.15, -0.1) is 0 Å². The number of aromatic nitrogens is 2. The number of para-hydroxylation sites is 1. The molecule has 0 fully saturated rings. The molecule has 0 amide bonds. The Balaban J connectivity index is 1.65. The molecule has 0 aliphatic heterocycles. The van der Waals surface area contributed by atoms with Crippen LogP contribution in [0.4, 0.5) is 5.82 Å². The predicted molar refractivity (Wildman–Crippen MR) is 128 cm³/mol. The standard InChI is InChI=1S/C24H20Cl2N4O/c1-15(2)31-19-11-8-16(9-12-19)23-28-22-6-4-3-5-20(22)24(29-23)30-27-14-17-7-10-18(25)13-21(17)26/h3-15H,1-2H3,(H,28,29,30)/b27-14-. The summed E-state index contributed by atoms with van der Waals surface area (Å²) in [5.74, 6) is 2.00. The molecule has 1 heterocycles. The van der Waals surface area contributed by atoms with Crippen molar-refractivity contribution in [3.05, 3.63) is 82.3 Å². The second-order valence-corrected chi connectivity index (χ2v) is 7.98. The lowest BCUT2D eigenvalue weighted by atomic mass is 10.1. The first kappa shape index (κ1) is 21.1. The summed E-state index contributed by atoms with van der Waals surface area (Å²) in [5.41, 5.74) is 5.48. The Morgan fingerprint density at radius 2 is 1.74 bits per heavy atom. The van der Waals surface area contributed by atoms with Gasteiger partial charge in [-0.05, 0) is 62.4 Å². The average Bonchev–Trinajstić information content (AvgIpc) is 2.75. The van der Waals surface area contributed by atoms with Gasteiger partial charge in [-0.1, -0.05) is 41.4 Å². The Morgan fingerprint density at radius 1 is 0.968 bits per heavy atom. The molecule has 31 heavy (non-hydrogen) atoms. The maximum Gasteiger partial charge on any atom is 0.162 e. The number of anilines is 1. The normalized spacial score (nSPS) is 11.4. The van der Waals surface area contributed by atoms with Gasteiger partial charge in [-0.2, -0.15) is 5.10 Å². The summed E-state index contributed by atoms with van der Waals surface area (Å²) < 4.78 is 5.72. The highest BCUT2D eigenvalue weighted by atomic mass is 35.5. The van der Waals surface area contributed by atoms with Crippen LogP contribution in [0.2, 0.25) is 10.0 Å². The van der Waals surface area contributed by atoms with E-state index < -0.39 is 0 Å². The van der Waals surface area contributed by atoms with Crippen LogP contribution in [-0.2, 0) is 0 Å². The fourth-order valence-electron chi connectivity index (χ4n) is 3.01. The van der Waals surface area contributed by atoms with Crippen LogP contribution in [0, 0.1) is 0 Å². The third-order valence-electron chi connectivity index (χ3n) is 4.42. The van der Waals surface area contributed by atoms with E-state index in [4.69, 9.17) is 37.9 Å². The predicted octanol–water partition coefficient (Wildman–Crippen LogP) is 6.84. The van der Waals surface area contributed by atoms with Crippen molar-refractivity contribution in [2.24, 2.45) is 5.10 Å². The number of nitrogens with one attached hydrogen (secondary N) is 1. The molecule has 5 nitrogen and oxygen atoms in total. The van der Waals surface area contributed by atoms with Crippen molar-refractivity contribution in [2.75, 3.05) is 5.43 Å². The summed E-state index contributed by atoms with van der Waals surface area (Å²) >= 11 is 12.2. The van der Waals surface area contributed by atoms with Gasteiger partial charge in [0.1, 0.15) is 5.75 Å². The number of hydrogen-bond donors (Lipinski definition) is 1. The molecular weight excluding hydrogens is 431 g/mol. The van der Waals surface area contributed by atoms with Crippen LogP contribution in [0.5, 0.6) is 5.75 Å². The van der Waals surface area contributed by atoms with Crippen molar-refractivity contribution in [3.63, 3.8) is 0 Å². The first-order chi connectivity index (χ1) is 15.0. The van der Waals surface area contributed by atoms with Crippen molar-refractivity contribution in [2.45, 2.75) is 20.0 Å². The smallest absolute Gasteiger partial charge is 0.162 e. The van der Waals surface area contributed by atoms with Crippen LogP contribution in [0.1, 0.15) is 19.4 Å². The molecule has 0 saturated carbocycles. The summed E-state index contributed by atoms with van der Waals surface area (Å²) in [6.07, 6.45) is 1.75. The monoisotopic (exact) mass is 450 g/mol. The summed E-state index contributed by atoms with van der Waals surface area (Å²) in [4.78, 5) is 9.41. The molecular formula is C24H20Cl2N4O. The van der Waals surface area contributed by atoms with Crippen LogP contribution < -0.4 is 10.2 Å². The van der Waals surface area contributed by atoms with E-state index in [1.165, 1.54) is 0 Å². The van der Waals surface area contributed by atoms with Crippen molar-refractivity contribution in [1.82, 2.24) is 9.97 Å². The zero-order chi connectivity index (χ0) is 21.8. The molecule has 0 radical (unpaired) electrons. The molecule has 3 aromatic carbocycles. The van der Waals surface area contributed by atoms with Crippen LogP contribution in [0.3, 0.4) is 0 Å². The largest absolute Gasteiger partial charge is 0.491 e. The fraction of sp³-hybridized carbons (Fsp3) is 0.125. The number of rotatable bonds is 6. The molecule has 1 N–H and O–H groups in total. The fourth-order valence-corrected chi connectivity index (χ4v) is 3.47. The highest BCUT2D eigenvalue weighted by Gasteiger charge is 2.10. The van der Waals surface area contributed by atoms with Crippen LogP contribution in [0.25, 0.3) is 22.3 Å². The van der Waals surface area contributed by atoms with Crippen molar-refractivity contribution >= 4 is 46.1 Å². The van der Waals surface area contributed by atoms with E-state index in [2.05, 4.69) is 10.5 Å². The number of nitrogens with zero attached hydrogens (tertiary/aromatic N) is 3. The number of fused-ring (bicyclic) bond motifs is 1. The summed E-state index contributed by atoms with van der Waals surface area (Å²) in [6.45, 7) is 3.99. The first-order valence-electron chi connectivity index (χ1n) is 9.77. The Bertz CT molecular complexity index is 1240. The Labute approximate surface area is 190 Å². The van der Waals surface area contributed by atoms with Crippen LogP contribution in [0.15, 0.2) is 71.8 Å². The quantitative estimate of drug-likeness (QED) is 0.258. The van der Waals surface area contributed by atoms with Gasteiger partial charge in [0, 0.05) is 21.5 Å². The third-order valence-corrected chi connectivity index (χ3v) is 4.99. The van der Waals surface area contributed by atoms with E-state index >= 15 is 0 Å². The number of hydrogen-bond acceptors (Lipinski definition) is 5. The maximum atomic E-state index is 6.22. The Morgan fingerprint density at radius 3 is 2.48 bits per heavy atom. The molecule has 0 atom stereocenters. The van der Waals surface area contributed by atoms with Crippen LogP contribution >= 0.6 is 23.2 Å². The van der Waals surface area contributed by atoms with Crippen molar-refractivity contribution in [1.29, 1.82) is 0 Å². The van der Waals surface area contributed by atoms with Gasteiger partial charge in [-0.3, -0.25) is 5.43 Å². The lowest BCUT2D eigenvalue weighted by Crippen LogP contribution is -2.05. The molecule has 1 aromatic heterocycles. The molecule has 0 saturated heterocycles. The van der Waals surface area contributed by atoms with Gasteiger partial charge in [-0.25, -0.2) is 9.97 Å². The SMILES string of the molecule is CC(C)Oc1ccc(-c2nc(N/N=C\c3ccc(Cl)cc3Cl)c3ccccc3n2)cc1. The molecule has 0 unspecified atom stereocenters. The molecule has 0 aliphatic rings. The van der Waals surface area contributed by atoms with E-state index in [1.54, 1.807) is 24.4 Å². The average molecular weight is 451 g/mol. The van der Waals surface area contributed by atoms with E-state index in [1.807, 2.05) is 62.4 Å². The van der Waals surface area contributed by atoms with E-state index in [0.717, 1.165) is 27.8 Å². The van der Waals surface area contributed by atoms with Gasteiger partial charge in [0.25, 0.3) is 0 Å². The summed E-state index contributed by atoms with van der Waals surface area (Å²) in [6, 6.07) is 20.8. The topological polar surface area (TPSA) is 59.4 Å². The minimum absolute atomic E-state index is 0.116. The third kappa shape index (κ3) is 5.13. The Hall–Kier alpha value is -3.15. The lowest BCUT2D eigenvalue weighted by molar-refractivity contribution is 0.242. The maximum absolute atomic E-state index is 6.22. The summed E-state index contributed by atoms with van der Waals surface area (Å²) in [5, 5.41) is 6.29. The molecule has 0 bridgehead atoms. The molecule has 4 rings (SSSR count). The zero-order valence-corrected chi connectivity index (χ0v) is 18.5. The van der Waals surface area contributed by atoms with Gasteiger partial charge >= 0.3 is 0 Å².